The molecule has 0 radical (unpaired) electrons. The fourth-order valence-electron chi connectivity index (χ4n) is 4.84. The average Bonchev–Trinajstić information content (AvgIpc) is 3.08. The van der Waals surface area contributed by atoms with Crippen LogP contribution in [0.5, 0.6) is 11.5 Å². The van der Waals surface area contributed by atoms with Gasteiger partial charge in [-0.05, 0) is 83.3 Å². The molecule has 0 spiro atoms. The third kappa shape index (κ3) is 12.1. The van der Waals surface area contributed by atoms with Crippen molar-refractivity contribution in [3.63, 3.8) is 0 Å². The third-order valence-corrected chi connectivity index (χ3v) is 7.59. The van der Waals surface area contributed by atoms with Crippen LogP contribution in [0.4, 0.5) is 13.2 Å². The lowest BCUT2D eigenvalue weighted by Crippen LogP contribution is -2.19. The first-order valence-corrected chi connectivity index (χ1v) is 15.7. The first-order chi connectivity index (χ1) is 22.9. The number of benzene rings is 3. The van der Waals surface area contributed by atoms with E-state index in [4.69, 9.17) is 29.2 Å². The standard InChI is InChI=1S/C37H43F3O8/c1-4-27-19-30(13-17-34(27)46-24-48-36(44)26(3)22-42)29-12-16-33(31(20-29)9-7-5-6-8-18-37(38,39)40)28-10-14-32(15-11-28)45-23-47-35(43)25(2)21-41/h10-17,19-20,36,41-42,44H,2-9,18,21-24H2,1H3. The van der Waals surface area contributed by atoms with E-state index in [1.807, 2.05) is 49.4 Å². The number of unbranched alkanes of at least 4 members (excludes halogenated alkanes) is 3. The summed E-state index contributed by atoms with van der Waals surface area (Å²) in [5, 5.41) is 27.9. The summed E-state index contributed by atoms with van der Waals surface area (Å²) in [6.45, 7) is 7.44. The van der Waals surface area contributed by atoms with Crippen molar-refractivity contribution in [3.05, 3.63) is 96.1 Å². The lowest BCUT2D eigenvalue weighted by molar-refractivity contribution is -0.146. The van der Waals surface area contributed by atoms with Gasteiger partial charge in [0.2, 0.25) is 6.79 Å². The number of hydrogen-bond acceptors (Lipinski definition) is 8. The van der Waals surface area contributed by atoms with Gasteiger partial charge in [-0.2, -0.15) is 13.2 Å². The molecule has 3 aromatic carbocycles. The van der Waals surface area contributed by atoms with Gasteiger partial charge in [0.05, 0.1) is 18.8 Å². The lowest BCUT2D eigenvalue weighted by Gasteiger charge is -2.17. The van der Waals surface area contributed by atoms with Gasteiger partial charge in [-0.3, -0.25) is 0 Å². The summed E-state index contributed by atoms with van der Waals surface area (Å²) in [4.78, 5) is 11.7. The first-order valence-electron chi connectivity index (χ1n) is 15.7. The number of alkyl halides is 3. The van der Waals surface area contributed by atoms with Crippen LogP contribution in [-0.4, -0.2) is 60.6 Å². The Labute approximate surface area is 279 Å². The molecule has 0 aliphatic carbocycles. The van der Waals surface area contributed by atoms with Gasteiger partial charge in [0.15, 0.2) is 13.1 Å². The van der Waals surface area contributed by atoms with Gasteiger partial charge in [0, 0.05) is 12.0 Å². The topological polar surface area (TPSA) is 115 Å². The van der Waals surface area contributed by atoms with Gasteiger partial charge < -0.3 is 34.3 Å². The smallest absolute Gasteiger partial charge is 0.389 e. The summed E-state index contributed by atoms with van der Waals surface area (Å²) in [5.74, 6) is 0.311. The van der Waals surface area contributed by atoms with Gasteiger partial charge >= 0.3 is 12.1 Å². The molecule has 0 aliphatic rings. The number of rotatable bonds is 20. The maximum atomic E-state index is 12.6. The minimum Gasteiger partial charge on any atom is -0.467 e. The quantitative estimate of drug-likeness (QED) is 0.0377. The highest BCUT2D eigenvalue weighted by atomic mass is 19.4. The van der Waals surface area contributed by atoms with E-state index in [0.717, 1.165) is 39.8 Å². The van der Waals surface area contributed by atoms with Crippen LogP contribution in [-0.2, 0) is 27.1 Å². The van der Waals surface area contributed by atoms with E-state index in [2.05, 4.69) is 19.2 Å². The molecule has 3 aromatic rings. The molecule has 0 amide bonds. The largest absolute Gasteiger partial charge is 0.467 e. The van der Waals surface area contributed by atoms with Crippen molar-refractivity contribution in [1.82, 2.24) is 0 Å². The SMILES string of the molecule is C=C(CO)C(=O)OCOc1ccc(-c2ccc(-c3ccc(OCOC(O)C(=C)CO)c(CC)c3)cc2CCCCCCC(F)(F)F)cc1. The van der Waals surface area contributed by atoms with Crippen LogP contribution in [0.1, 0.15) is 50.2 Å². The lowest BCUT2D eigenvalue weighted by atomic mass is 9.91. The fraction of sp³-hybridized carbons (Fsp3) is 0.378. The molecule has 0 heterocycles. The van der Waals surface area contributed by atoms with Crippen molar-refractivity contribution in [2.75, 3.05) is 26.8 Å². The van der Waals surface area contributed by atoms with Crippen molar-refractivity contribution in [1.29, 1.82) is 0 Å². The number of carbonyl (C=O) groups is 1. The Morgan fingerprint density at radius 1 is 0.812 bits per heavy atom. The number of carbonyl (C=O) groups excluding carboxylic acids is 1. The van der Waals surface area contributed by atoms with Crippen LogP contribution < -0.4 is 9.47 Å². The van der Waals surface area contributed by atoms with E-state index >= 15 is 0 Å². The van der Waals surface area contributed by atoms with Crippen LogP contribution in [0.2, 0.25) is 0 Å². The number of hydrogen-bond donors (Lipinski definition) is 3. The molecular formula is C37H43F3O8. The molecule has 11 heteroatoms. The highest BCUT2D eigenvalue weighted by Crippen LogP contribution is 2.34. The first kappa shape index (κ1) is 38.3. The zero-order valence-corrected chi connectivity index (χ0v) is 27.1. The molecule has 48 heavy (non-hydrogen) atoms. The van der Waals surface area contributed by atoms with E-state index in [-0.39, 0.29) is 31.2 Å². The molecular weight excluding hydrogens is 629 g/mol. The van der Waals surface area contributed by atoms with Gasteiger partial charge in [0.1, 0.15) is 11.5 Å². The fourth-order valence-corrected chi connectivity index (χ4v) is 4.84. The Hall–Kier alpha value is -4.16. The second kappa shape index (κ2) is 19.0. The monoisotopic (exact) mass is 672 g/mol. The maximum absolute atomic E-state index is 12.6. The Morgan fingerprint density at radius 3 is 2.10 bits per heavy atom. The minimum absolute atomic E-state index is 0.0759. The summed E-state index contributed by atoms with van der Waals surface area (Å²) in [6, 6.07) is 19.1. The van der Waals surface area contributed by atoms with Gasteiger partial charge in [0.25, 0.3) is 0 Å². The Kier molecular flexibility index (Phi) is 15.1. The second-order valence-electron chi connectivity index (χ2n) is 11.2. The summed E-state index contributed by atoms with van der Waals surface area (Å²) in [6.07, 6.45) is -2.93. The molecule has 3 rings (SSSR count). The molecule has 0 saturated heterocycles. The molecule has 1 atom stereocenters. The highest BCUT2D eigenvalue weighted by molar-refractivity contribution is 5.87. The Bertz CT molecular complexity index is 1500. The number of ether oxygens (including phenoxy) is 4. The maximum Gasteiger partial charge on any atom is 0.389 e. The summed E-state index contributed by atoms with van der Waals surface area (Å²) in [5.41, 5.74) is 5.81. The van der Waals surface area contributed by atoms with E-state index in [1.165, 1.54) is 0 Å². The van der Waals surface area contributed by atoms with Crippen molar-refractivity contribution in [2.24, 2.45) is 0 Å². The van der Waals surface area contributed by atoms with Crippen molar-refractivity contribution in [3.8, 4) is 33.8 Å². The predicted octanol–water partition coefficient (Wildman–Crippen LogP) is 7.29. The van der Waals surface area contributed by atoms with E-state index in [9.17, 15) is 23.1 Å². The number of esters is 1. The van der Waals surface area contributed by atoms with Crippen molar-refractivity contribution in [2.45, 2.75) is 64.3 Å². The molecule has 0 bridgehead atoms. The van der Waals surface area contributed by atoms with Crippen molar-refractivity contribution < 1.29 is 52.2 Å². The minimum atomic E-state index is -4.14. The Morgan fingerprint density at radius 2 is 1.46 bits per heavy atom. The highest BCUT2D eigenvalue weighted by Gasteiger charge is 2.25. The molecule has 0 fully saturated rings. The number of aliphatic hydroxyl groups is 3. The summed E-state index contributed by atoms with van der Waals surface area (Å²) < 4.78 is 59.1. The van der Waals surface area contributed by atoms with Crippen LogP contribution in [0, 0.1) is 0 Å². The van der Waals surface area contributed by atoms with E-state index in [1.54, 1.807) is 12.1 Å². The van der Waals surface area contributed by atoms with Crippen LogP contribution in [0.25, 0.3) is 22.3 Å². The van der Waals surface area contributed by atoms with E-state index in [0.29, 0.717) is 37.2 Å². The molecule has 8 nitrogen and oxygen atoms in total. The summed E-state index contributed by atoms with van der Waals surface area (Å²) in [7, 11) is 0. The van der Waals surface area contributed by atoms with Crippen LogP contribution in [0.15, 0.2) is 85.0 Å². The van der Waals surface area contributed by atoms with Crippen LogP contribution >= 0.6 is 0 Å². The molecule has 0 aliphatic heterocycles. The zero-order valence-electron chi connectivity index (χ0n) is 27.1. The normalized spacial score (nSPS) is 12.0. The molecule has 3 N–H and O–H groups in total. The van der Waals surface area contributed by atoms with Gasteiger partial charge in [-0.1, -0.05) is 69.3 Å². The molecule has 260 valence electrons. The molecule has 1 unspecified atom stereocenters. The second-order valence-corrected chi connectivity index (χ2v) is 11.2. The number of aliphatic hydroxyl groups excluding tert-OH is 3. The Balaban J connectivity index is 1.78. The third-order valence-electron chi connectivity index (χ3n) is 7.59. The molecule has 0 saturated carbocycles. The zero-order chi connectivity index (χ0) is 35.1. The number of aryl methyl sites for hydroxylation is 2. The summed E-state index contributed by atoms with van der Waals surface area (Å²) >= 11 is 0. The van der Waals surface area contributed by atoms with Crippen LogP contribution in [0.3, 0.4) is 0 Å². The van der Waals surface area contributed by atoms with Crippen molar-refractivity contribution >= 4 is 5.97 Å². The average molecular weight is 673 g/mol. The van der Waals surface area contributed by atoms with Gasteiger partial charge in [-0.25, -0.2) is 4.79 Å². The van der Waals surface area contributed by atoms with E-state index < -0.39 is 38.1 Å². The number of halogens is 3. The predicted molar refractivity (Wildman–Crippen MR) is 176 cm³/mol. The van der Waals surface area contributed by atoms with Gasteiger partial charge in [-0.15, -0.1) is 0 Å². The molecule has 0 aromatic heterocycles.